The fraction of sp³-hybridized carbons (Fsp3) is 0.125. The smallest absolute Gasteiger partial charge is 0.213 e. The summed E-state index contributed by atoms with van der Waals surface area (Å²) in [4.78, 5) is 12.7. The number of rotatable bonds is 5. The van der Waals surface area contributed by atoms with Crippen molar-refractivity contribution in [3.05, 3.63) is 50.7 Å². The molecule has 0 bridgehead atoms. The number of thiophene rings is 1. The van der Waals surface area contributed by atoms with E-state index in [1.165, 1.54) is 31.6 Å². The Balaban J connectivity index is 2.45. The molecule has 0 radical (unpaired) electrons. The maximum Gasteiger partial charge on any atom is 0.213 e. The van der Waals surface area contributed by atoms with Gasteiger partial charge in [0, 0.05) is 0 Å². The first-order valence-corrected chi connectivity index (χ1v) is 7.48. The quantitative estimate of drug-likeness (QED) is 0.467. The Morgan fingerprint density at radius 3 is 2.68 bits per heavy atom. The van der Waals surface area contributed by atoms with Gasteiger partial charge in [-0.25, -0.2) is 0 Å². The van der Waals surface area contributed by atoms with Crippen LogP contribution in [0.25, 0.3) is 6.08 Å². The van der Waals surface area contributed by atoms with E-state index in [2.05, 4.69) is 0 Å². The van der Waals surface area contributed by atoms with Gasteiger partial charge in [-0.2, -0.15) is 5.26 Å². The van der Waals surface area contributed by atoms with E-state index < -0.39 is 0 Å². The number of benzene rings is 1. The average molecular weight is 334 g/mol. The van der Waals surface area contributed by atoms with Crippen LogP contribution >= 0.6 is 22.9 Å². The molecule has 22 heavy (non-hydrogen) atoms. The lowest BCUT2D eigenvalue weighted by molar-refractivity contribution is 0.104. The van der Waals surface area contributed by atoms with Gasteiger partial charge in [-0.15, -0.1) is 11.3 Å². The molecule has 112 valence electrons. The first-order chi connectivity index (χ1) is 10.6. The van der Waals surface area contributed by atoms with Gasteiger partial charge in [0.1, 0.15) is 11.6 Å². The number of allylic oxidation sites excluding steroid dienone is 1. The molecule has 0 aliphatic rings. The van der Waals surface area contributed by atoms with Crippen LogP contribution in [0.5, 0.6) is 11.5 Å². The van der Waals surface area contributed by atoms with Crippen molar-refractivity contribution in [3.63, 3.8) is 0 Å². The van der Waals surface area contributed by atoms with E-state index in [-0.39, 0.29) is 11.4 Å². The van der Waals surface area contributed by atoms with E-state index in [1.54, 1.807) is 29.6 Å². The molecule has 0 unspecified atom stereocenters. The molecule has 2 aromatic rings. The van der Waals surface area contributed by atoms with Crippen LogP contribution in [0.1, 0.15) is 15.2 Å². The van der Waals surface area contributed by atoms with Crippen molar-refractivity contribution in [1.29, 1.82) is 5.26 Å². The minimum Gasteiger partial charge on any atom is -0.493 e. The van der Waals surface area contributed by atoms with Gasteiger partial charge in [0.05, 0.1) is 24.1 Å². The van der Waals surface area contributed by atoms with Crippen LogP contribution in [0.3, 0.4) is 0 Å². The molecule has 0 amide bonds. The topological polar surface area (TPSA) is 59.3 Å². The molecule has 2 rings (SSSR count). The van der Waals surface area contributed by atoms with Crippen LogP contribution in [-0.2, 0) is 0 Å². The normalized spacial score (nSPS) is 10.9. The number of nitrogens with zero attached hydrogens (tertiary/aromatic N) is 1. The molecule has 0 N–H and O–H groups in total. The van der Waals surface area contributed by atoms with Crippen molar-refractivity contribution >= 4 is 34.8 Å². The van der Waals surface area contributed by atoms with Crippen molar-refractivity contribution in [2.45, 2.75) is 0 Å². The van der Waals surface area contributed by atoms with Gasteiger partial charge in [-0.3, -0.25) is 4.79 Å². The predicted octanol–water partition coefficient (Wildman–Crippen LogP) is 4.21. The number of carbonyl (C=O) groups excluding carboxylic acids is 1. The first-order valence-electron chi connectivity index (χ1n) is 6.22. The summed E-state index contributed by atoms with van der Waals surface area (Å²) in [6.07, 6.45) is 1.48. The summed E-state index contributed by atoms with van der Waals surface area (Å²) in [5.41, 5.74) is 0.620. The van der Waals surface area contributed by atoms with E-state index in [9.17, 15) is 10.1 Å². The number of nitriles is 1. The highest BCUT2D eigenvalue weighted by Gasteiger charge is 2.15. The standard InChI is InChI=1S/C16H12ClNO3S/c1-20-13-8-10(7-12(17)16(13)21-2)6-11(9-18)15(19)14-4-3-5-22-14/h3-8H,1-2H3/b11-6+. The second-order valence-electron chi connectivity index (χ2n) is 4.21. The van der Waals surface area contributed by atoms with E-state index in [0.717, 1.165) is 0 Å². The highest BCUT2D eigenvalue weighted by atomic mass is 35.5. The molecule has 0 atom stereocenters. The summed E-state index contributed by atoms with van der Waals surface area (Å²) >= 11 is 7.41. The van der Waals surface area contributed by atoms with Crippen molar-refractivity contribution in [1.82, 2.24) is 0 Å². The highest BCUT2D eigenvalue weighted by Crippen LogP contribution is 2.36. The molecule has 1 aromatic heterocycles. The fourth-order valence-electron chi connectivity index (χ4n) is 1.88. The summed E-state index contributed by atoms with van der Waals surface area (Å²) in [5, 5.41) is 11.4. The molecule has 0 spiro atoms. The molecule has 1 aromatic carbocycles. The molecular formula is C16H12ClNO3S. The second-order valence-corrected chi connectivity index (χ2v) is 5.57. The maximum atomic E-state index is 12.2. The molecule has 1 heterocycles. The molecule has 0 aliphatic carbocycles. The lowest BCUT2D eigenvalue weighted by Gasteiger charge is -2.10. The van der Waals surface area contributed by atoms with Gasteiger partial charge >= 0.3 is 0 Å². The Kier molecular flexibility index (Phi) is 5.21. The molecule has 0 saturated heterocycles. The third-order valence-electron chi connectivity index (χ3n) is 2.88. The number of Topliss-reactive ketones (excluding diaryl/α,β-unsaturated/α-hetero) is 1. The average Bonchev–Trinajstić information content (AvgIpc) is 3.05. The van der Waals surface area contributed by atoms with Crippen LogP contribution in [0.15, 0.2) is 35.2 Å². The van der Waals surface area contributed by atoms with Gasteiger partial charge < -0.3 is 9.47 Å². The van der Waals surface area contributed by atoms with Crippen molar-refractivity contribution in [2.75, 3.05) is 14.2 Å². The van der Waals surface area contributed by atoms with Gasteiger partial charge in [0.25, 0.3) is 0 Å². The second kappa shape index (κ2) is 7.12. The Morgan fingerprint density at radius 1 is 1.36 bits per heavy atom. The van der Waals surface area contributed by atoms with E-state index in [4.69, 9.17) is 21.1 Å². The molecule has 0 aliphatic heterocycles. The number of hydrogen-bond donors (Lipinski definition) is 0. The van der Waals surface area contributed by atoms with Crippen LogP contribution in [-0.4, -0.2) is 20.0 Å². The zero-order chi connectivity index (χ0) is 16.1. The summed E-state index contributed by atoms with van der Waals surface area (Å²) < 4.78 is 10.4. The zero-order valence-corrected chi connectivity index (χ0v) is 13.5. The third-order valence-corrected chi connectivity index (χ3v) is 4.03. The van der Waals surface area contributed by atoms with Crippen molar-refractivity contribution in [2.24, 2.45) is 0 Å². The van der Waals surface area contributed by atoms with Crippen LogP contribution < -0.4 is 9.47 Å². The SMILES string of the molecule is COc1cc(/C=C(\C#N)C(=O)c2cccs2)cc(Cl)c1OC. The summed E-state index contributed by atoms with van der Waals surface area (Å²) in [6.45, 7) is 0. The van der Waals surface area contributed by atoms with E-state index >= 15 is 0 Å². The number of halogens is 1. The Morgan fingerprint density at radius 2 is 2.14 bits per heavy atom. The zero-order valence-electron chi connectivity index (χ0n) is 11.9. The number of ketones is 1. The van der Waals surface area contributed by atoms with Gasteiger partial charge in [0.15, 0.2) is 11.5 Å². The minimum atomic E-state index is -0.316. The lowest BCUT2D eigenvalue weighted by Crippen LogP contribution is -1.99. The summed E-state index contributed by atoms with van der Waals surface area (Å²) in [7, 11) is 2.98. The number of carbonyl (C=O) groups is 1. The summed E-state index contributed by atoms with van der Waals surface area (Å²) in [5.74, 6) is 0.523. The van der Waals surface area contributed by atoms with Crippen molar-refractivity contribution in [3.8, 4) is 17.6 Å². The lowest BCUT2D eigenvalue weighted by atomic mass is 10.1. The Bertz CT molecular complexity index is 760. The van der Waals surface area contributed by atoms with Crippen molar-refractivity contribution < 1.29 is 14.3 Å². The molecular weight excluding hydrogens is 322 g/mol. The fourth-order valence-corrected chi connectivity index (χ4v) is 2.85. The Labute approximate surface area is 137 Å². The number of hydrogen-bond acceptors (Lipinski definition) is 5. The monoisotopic (exact) mass is 333 g/mol. The van der Waals surface area contributed by atoms with Gasteiger partial charge in [-0.05, 0) is 35.2 Å². The largest absolute Gasteiger partial charge is 0.493 e. The first kappa shape index (κ1) is 16.1. The number of methoxy groups -OCH3 is 2. The van der Waals surface area contributed by atoms with Crippen LogP contribution in [0.2, 0.25) is 5.02 Å². The molecule has 4 nitrogen and oxygen atoms in total. The Hall–Kier alpha value is -2.29. The van der Waals surface area contributed by atoms with E-state index in [0.29, 0.717) is 27.0 Å². The van der Waals surface area contributed by atoms with Gasteiger partial charge in [0.2, 0.25) is 5.78 Å². The van der Waals surface area contributed by atoms with Gasteiger partial charge in [-0.1, -0.05) is 17.7 Å². The maximum absolute atomic E-state index is 12.2. The molecule has 0 fully saturated rings. The third kappa shape index (κ3) is 3.30. The predicted molar refractivity (Wildman–Crippen MR) is 86.8 cm³/mol. The molecule has 0 saturated carbocycles. The molecule has 6 heteroatoms. The number of ether oxygens (including phenoxy) is 2. The summed E-state index contributed by atoms with van der Waals surface area (Å²) in [6, 6.07) is 8.64. The highest BCUT2D eigenvalue weighted by molar-refractivity contribution is 7.12. The van der Waals surface area contributed by atoms with E-state index in [1.807, 2.05) is 6.07 Å². The van der Waals surface area contributed by atoms with Crippen LogP contribution in [0, 0.1) is 11.3 Å². The minimum absolute atomic E-state index is 0.0331. The van der Waals surface area contributed by atoms with Crippen LogP contribution in [0.4, 0.5) is 0 Å².